The largest absolute Gasteiger partial charge is 0.356 e. The number of amides is 1. The van der Waals surface area contributed by atoms with Crippen LogP contribution in [0.15, 0.2) is 35.2 Å². The summed E-state index contributed by atoms with van der Waals surface area (Å²) in [5, 5.41) is 3.03. The zero-order valence-electron chi connectivity index (χ0n) is 16.8. The van der Waals surface area contributed by atoms with Crippen LogP contribution in [0.25, 0.3) is 0 Å². The number of likely N-dealkylation sites (tertiary alicyclic amines) is 1. The first-order valence-electron chi connectivity index (χ1n) is 10.6. The molecule has 156 valence electrons. The van der Waals surface area contributed by atoms with Gasteiger partial charge in [-0.05, 0) is 57.7 Å². The average Bonchev–Trinajstić information content (AvgIpc) is 2.73. The molecule has 0 radical (unpaired) electrons. The van der Waals surface area contributed by atoms with Crippen LogP contribution in [0.5, 0.6) is 0 Å². The Morgan fingerprint density at radius 2 is 1.89 bits per heavy atom. The van der Waals surface area contributed by atoms with Crippen molar-refractivity contribution < 1.29 is 13.2 Å². The first kappa shape index (κ1) is 21.3. The Morgan fingerprint density at radius 3 is 2.64 bits per heavy atom. The smallest absolute Gasteiger partial charge is 0.243 e. The van der Waals surface area contributed by atoms with Crippen molar-refractivity contribution in [3.63, 3.8) is 0 Å². The Bertz CT molecular complexity index is 739. The Balaban J connectivity index is 1.46. The highest BCUT2D eigenvalue weighted by molar-refractivity contribution is 7.89. The van der Waals surface area contributed by atoms with Gasteiger partial charge in [-0.2, -0.15) is 4.31 Å². The van der Waals surface area contributed by atoms with Crippen LogP contribution in [0, 0.1) is 5.92 Å². The number of rotatable bonds is 7. The van der Waals surface area contributed by atoms with Crippen molar-refractivity contribution in [1.82, 2.24) is 14.5 Å². The van der Waals surface area contributed by atoms with E-state index < -0.39 is 10.0 Å². The van der Waals surface area contributed by atoms with Crippen molar-refractivity contribution in [1.29, 1.82) is 0 Å². The number of hydrogen-bond donors (Lipinski definition) is 1. The first-order chi connectivity index (χ1) is 13.5. The lowest BCUT2D eigenvalue weighted by atomic mass is 9.99. The number of piperidine rings is 2. The molecule has 0 bridgehead atoms. The highest BCUT2D eigenvalue weighted by Gasteiger charge is 2.33. The van der Waals surface area contributed by atoms with Gasteiger partial charge in [0.25, 0.3) is 0 Å². The minimum atomic E-state index is -3.53. The zero-order chi connectivity index (χ0) is 20.0. The second-order valence-corrected chi connectivity index (χ2v) is 9.98. The van der Waals surface area contributed by atoms with Crippen molar-refractivity contribution >= 4 is 15.9 Å². The van der Waals surface area contributed by atoms with Gasteiger partial charge in [-0.25, -0.2) is 8.42 Å². The Hall–Kier alpha value is -1.44. The van der Waals surface area contributed by atoms with E-state index in [0.717, 1.165) is 32.4 Å². The SMILES string of the molecule is CC1CCCCN1CCCNC(=O)C1CCCN(S(=O)(=O)c2ccccc2)C1. The highest BCUT2D eigenvalue weighted by Crippen LogP contribution is 2.24. The molecule has 0 spiro atoms. The monoisotopic (exact) mass is 407 g/mol. The van der Waals surface area contributed by atoms with Crippen LogP contribution in [0.3, 0.4) is 0 Å². The van der Waals surface area contributed by atoms with Crippen LogP contribution in [0.1, 0.15) is 45.4 Å². The molecule has 2 aliphatic rings. The van der Waals surface area contributed by atoms with Crippen LogP contribution >= 0.6 is 0 Å². The van der Waals surface area contributed by atoms with Crippen molar-refractivity contribution in [2.75, 3.05) is 32.7 Å². The fourth-order valence-corrected chi connectivity index (χ4v) is 5.79. The van der Waals surface area contributed by atoms with Gasteiger partial charge in [-0.15, -0.1) is 0 Å². The summed E-state index contributed by atoms with van der Waals surface area (Å²) in [6.45, 7) is 5.86. The third kappa shape index (κ3) is 5.33. The number of nitrogens with one attached hydrogen (secondary N) is 1. The normalized spacial score (nSPS) is 24.8. The average molecular weight is 408 g/mol. The van der Waals surface area contributed by atoms with Crippen molar-refractivity contribution in [3.05, 3.63) is 30.3 Å². The van der Waals surface area contributed by atoms with Crippen molar-refractivity contribution in [3.8, 4) is 0 Å². The second-order valence-electron chi connectivity index (χ2n) is 8.04. The third-order valence-electron chi connectivity index (χ3n) is 6.00. The fourth-order valence-electron chi connectivity index (χ4n) is 4.24. The highest BCUT2D eigenvalue weighted by atomic mass is 32.2. The zero-order valence-corrected chi connectivity index (χ0v) is 17.7. The molecule has 7 heteroatoms. The van der Waals surface area contributed by atoms with Gasteiger partial charge < -0.3 is 10.2 Å². The quantitative estimate of drug-likeness (QED) is 0.705. The molecule has 3 rings (SSSR count). The standard InChI is InChI=1S/C21H33N3O3S/c1-18-9-5-6-14-23(18)15-8-13-22-21(25)19-10-7-16-24(17-19)28(26,27)20-11-3-2-4-12-20/h2-4,11-12,18-19H,5-10,13-17H2,1H3,(H,22,25). The Morgan fingerprint density at radius 1 is 1.11 bits per heavy atom. The summed E-state index contributed by atoms with van der Waals surface area (Å²) in [5.41, 5.74) is 0. The van der Waals surface area contributed by atoms with E-state index in [1.807, 2.05) is 0 Å². The van der Waals surface area contributed by atoms with Gasteiger partial charge >= 0.3 is 0 Å². The summed E-state index contributed by atoms with van der Waals surface area (Å²) in [4.78, 5) is 15.4. The maximum atomic E-state index is 12.8. The summed E-state index contributed by atoms with van der Waals surface area (Å²) in [6, 6.07) is 9.12. The molecule has 0 aromatic heterocycles. The van der Waals surface area contributed by atoms with Gasteiger partial charge in [0.15, 0.2) is 0 Å². The van der Waals surface area contributed by atoms with Gasteiger partial charge in [0.2, 0.25) is 15.9 Å². The predicted molar refractivity (Wildman–Crippen MR) is 110 cm³/mol. The molecule has 28 heavy (non-hydrogen) atoms. The molecule has 2 fully saturated rings. The lowest BCUT2D eigenvalue weighted by molar-refractivity contribution is -0.126. The summed E-state index contributed by atoms with van der Waals surface area (Å²) < 4.78 is 27.1. The van der Waals surface area contributed by atoms with Crippen molar-refractivity contribution in [2.24, 2.45) is 5.92 Å². The molecule has 2 aliphatic heterocycles. The minimum absolute atomic E-state index is 0.0142. The Labute approximate surface area is 169 Å². The maximum Gasteiger partial charge on any atom is 0.243 e. The molecular weight excluding hydrogens is 374 g/mol. The van der Waals surface area contributed by atoms with E-state index in [2.05, 4.69) is 17.1 Å². The molecule has 2 saturated heterocycles. The molecule has 2 heterocycles. The number of nitrogens with zero attached hydrogens (tertiary/aromatic N) is 2. The Kier molecular flexibility index (Phi) is 7.48. The number of sulfonamides is 1. The fraction of sp³-hybridized carbons (Fsp3) is 0.667. The molecule has 2 unspecified atom stereocenters. The van der Waals surface area contributed by atoms with E-state index in [0.29, 0.717) is 24.0 Å². The van der Waals surface area contributed by atoms with E-state index >= 15 is 0 Å². The summed E-state index contributed by atoms with van der Waals surface area (Å²) >= 11 is 0. The number of carbonyl (C=O) groups is 1. The van der Waals surface area contributed by atoms with Gasteiger partial charge in [0.05, 0.1) is 10.8 Å². The second kappa shape index (κ2) is 9.85. The predicted octanol–water partition coefficient (Wildman–Crippen LogP) is 2.47. The third-order valence-corrected chi connectivity index (χ3v) is 7.88. The summed E-state index contributed by atoms with van der Waals surface area (Å²) in [5.74, 6) is -0.277. The number of benzene rings is 1. The van der Waals surface area contributed by atoms with Crippen LogP contribution in [-0.2, 0) is 14.8 Å². The lowest BCUT2D eigenvalue weighted by Gasteiger charge is -2.33. The number of hydrogen-bond acceptors (Lipinski definition) is 4. The van der Waals surface area contributed by atoms with E-state index in [1.165, 1.54) is 23.6 Å². The first-order valence-corrected chi connectivity index (χ1v) is 12.0. The van der Waals surface area contributed by atoms with Crippen LogP contribution in [0.4, 0.5) is 0 Å². The van der Waals surface area contributed by atoms with Gasteiger partial charge in [-0.3, -0.25) is 4.79 Å². The molecule has 1 N–H and O–H groups in total. The summed E-state index contributed by atoms with van der Waals surface area (Å²) in [6.07, 6.45) is 6.25. The minimum Gasteiger partial charge on any atom is -0.356 e. The van der Waals surface area contributed by atoms with Crippen molar-refractivity contribution in [2.45, 2.75) is 56.4 Å². The molecule has 1 amide bonds. The molecule has 0 aliphatic carbocycles. The van der Waals surface area contributed by atoms with E-state index in [9.17, 15) is 13.2 Å². The molecule has 1 aromatic carbocycles. The summed E-state index contributed by atoms with van der Waals surface area (Å²) in [7, 11) is -3.53. The van der Waals surface area contributed by atoms with E-state index in [1.54, 1.807) is 30.3 Å². The van der Waals surface area contributed by atoms with Crippen LogP contribution in [0.2, 0.25) is 0 Å². The van der Waals surface area contributed by atoms with E-state index in [4.69, 9.17) is 0 Å². The van der Waals surface area contributed by atoms with Gasteiger partial charge in [0.1, 0.15) is 0 Å². The molecule has 1 aromatic rings. The van der Waals surface area contributed by atoms with E-state index in [-0.39, 0.29) is 18.4 Å². The molecule has 2 atom stereocenters. The van der Waals surface area contributed by atoms with Gasteiger partial charge in [0, 0.05) is 32.2 Å². The van der Waals surface area contributed by atoms with Crippen LogP contribution < -0.4 is 5.32 Å². The lowest BCUT2D eigenvalue weighted by Crippen LogP contribution is -2.46. The van der Waals surface area contributed by atoms with Gasteiger partial charge in [-0.1, -0.05) is 24.6 Å². The topological polar surface area (TPSA) is 69.7 Å². The van der Waals surface area contributed by atoms with Crippen LogP contribution in [-0.4, -0.2) is 62.3 Å². The molecule has 6 nitrogen and oxygen atoms in total. The molecule has 0 saturated carbocycles. The molecular formula is C21H33N3O3S. The number of carbonyl (C=O) groups excluding carboxylic acids is 1. The maximum absolute atomic E-state index is 12.8.